The predicted molar refractivity (Wildman–Crippen MR) is 67.1 cm³/mol. The van der Waals surface area contributed by atoms with Crippen molar-refractivity contribution in [3.8, 4) is 0 Å². The first-order valence-corrected chi connectivity index (χ1v) is 7.68. The highest BCUT2D eigenvalue weighted by Crippen LogP contribution is 2.37. The molecular weight excluding hydrogens is 277 g/mol. The molecule has 2 nitrogen and oxygen atoms in total. The highest BCUT2D eigenvalue weighted by Gasteiger charge is 2.30. The number of sulfone groups is 1. The molecule has 0 spiro atoms. The van der Waals surface area contributed by atoms with Crippen molar-refractivity contribution in [1.29, 1.82) is 0 Å². The first kappa shape index (κ1) is 14.1. The Hall–Kier alpha value is -1.30. The van der Waals surface area contributed by atoms with E-state index in [0.717, 1.165) is 24.8 Å². The molecule has 0 heterocycles. The van der Waals surface area contributed by atoms with E-state index in [-0.39, 0.29) is 0 Å². The lowest BCUT2D eigenvalue weighted by atomic mass is 10.0. The molecule has 1 aromatic rings. The third kappa shape index (κ3) is 3.00. The van der Waals surface area contributed by atoms with Crippen molar-refractivity contribution in [2.24, 2.45) is 0 Å². The maximum atomic E-state index is 12.5. The minimum absolute atomic E-state index is 0.354. The van der Waals surface area contributed by atoms with E-state index in [1.54, 1.807) is 0 Å². The number of benzene rings is 1. The van der Waals surface area contributed by atoms with Crippen molar-refractivity contribution in [2.45, 2.75) is 25.4 Å². The Morgan fingerprint density at radius 2 is 1.63 bits per heavy atom. The van der Waals surface area contributed by atoms with Gasteiger partial charge >= 0.3 is 6.18 Å². The standard InChI is InChI=1S/C13H13F3O2S/c1-19(17,18)12-4-2-3-11(12)9-5-7-10(8-6-9)13(14,15)16/h5-8H,2-4H2,1H3. The first-order chi connectivity index (χ1) is 8.69. The number of hydrogen-bond acceptors (Lipinski definition) is 2. The smallest absolute Gasteiger partial charge is 0.224 e. The minimum Gasteiger partial charge on any atom is -0.224 e. The van der Waals surface area contributed by atoms with Gasteiger partial charge in [0.2, 0.25) is 0 Å². The summed E-state index contributed by atoms with van der Waals surface area (Å²) in [5.41, 5.74) is 0.484. The summed E-state index contributed by atoms with van der Waals surface area (Å²) in [5.74, 6) is 0. The fourth-order valence-corrected chi connectivity index (χ4v) is 3.47. The topological polar surface area (TPSA) is 34.1 Å². The SMILES string of the molecule is CS(=O)(=O)C1=C(c2ccc(C(F)(F)F)cc2)CCC1. The van der Waals surface area contributed by atoms with Crippen molar-refractivity contribution < 1.29 is 21.6 Å². The Morgan fingerprint density at radius 3 is 2.11 bits per heavy atom. The average Bonchev–Trinajstić information content (AvgIpc) is 2.76. The van der Waals surface area contributed by atoms with Crippen LogP contribution in [0.3, 0.4) is 0 Å². The van der Waals surface area contributed by atoms with Gasteiger partial charge in [-0.15, -0.1) is 0 Å². The van der Waals surface area contributed by atoms with Gasteiger partial charge in [-0.05, 0) is 42.5 Å². The molecule has 0 saturated carbocycles. The van der Waals surface area contributed by atoms with E-state index < -0.39 is 21.6 Å². The van der Waals surface area contributed by atoms with Crippen LogP contribution in [0.5, 0.6) is 0 Å². The van der Waals surface area contributed by atoms with E-state index in [1.807, 2.05) is 0 Å². The number of halogens is 3. The lowest BCUT2D eigenvalue weighted by Crippen LogP contribution is -2.05. The summed E-state index contributed by atoms with van der Waals surface area (Å²) < 4.78 is 60.6. The molecule has 6 heteroatoms. The molecule has 19 heavy (non-hydrogen) atoms. The first-order valence-electron chi connectivity index (χ1n) is 5.79. The average molecular weight is 290 g/mol. The monoisotopic (exact) mass is 290 g/mol. The molecule has 104 valence electrons. The zero-order valence-electron chi connectivity index (χ0n) is 10.3. The van der Waals surface area contributed by atoms with Crippen molar-refractivity contribution in [2.75, 3.05) is 6.26 Å². The van der Waals surface area contributed by atoms with Gasteiger partial charge in [-0.2, -0.15) is 13.2 Å². The normalized spacial score (nSPS) is 17.1. The van der Waals surface area contributed by atoms with Crippen molar-refractivity contribution in [3.05, 3.63) is 40.3 Å². The fraction of sp³-hybridized carbons (Fsp3) is 0.385. The molecule has 0 atom stereocenters. The van der Waals surface area contributed by atoms with Crippen LogP contribution in [-0.4, -0.2) is 14.7 Å². The van der Waals surface area contributed by atoms with Gasteiger partial charge in [-0.3, -0.25) is 0 Å². The van der Waals surface area contributed by atoms with E-state index >= 15 is 0 Å². The minimum atomic E-state index is -4.37. The summed E-state index contributed by atoms with van der Waals surface area (Å²) in [6, 6.07) is 4.66. The molecule has 0 unspecified atom stereocenters. The Labute approximate surface area is 109 Å². The van der Waals surface area contributed by atoms with Gasteiger partial charge in [0, 0.05) is 11.2 Å². The molecular formula is C13H13F3O2S. The molecule has 0 amide bonds. The molecule has 0 aromatic heterocycles. The van der Waals surface area contributed by atoms with Gasteiger partial charge in [-0.25, -0.2) is 8.42 Å². The van der Waals surface area contributed by atoms with E-state index in [0.29, 0.717) is 28.9 Å². The Balaban J connectivity index is 2.43. The van der Waals surface area contributed by atoms with Gasteiger partial charge in [0.15, 0.2) is 9.84 Å². The fourth-order valence-electron chi connectivity index (χ4n) is 2.29. The van der Waals surface area contributed by atoms with Crippen LogP contribution in [0.1, 0.15) is 30.4 Å². The third-order valence-electron chi connectivity index (χ3n) is 3.18. The predicted octanol–water partition coefficient (Wildman–Crippen LogP) is 3.65. The second-order valence-corrected chi connectivity index (χ2v) is 6.64. The molecule has 2 rings (SSSR count). The Bertz CT molecular complexity index is 610. The van der Waals surface area contributed by atoms with Gasteiger partial charge in [0.1, 0.15) is 0 Å². The number of allylic oxidation sites excluding steroid dienone is 2. The van der Waals surface area contributed by atoms with E-state index in [4.69, 9.17) is 0 Å². The summed E-state index contributed by atoms with van der Waals surface area (Å²) in [4.78, 5) is 0.354. The van der Waals surface area contributed by atoms with E-state index in [2.05, 4.69) is 0 Å². The van der Waals surface area contributed by atoms with Crippen LogP contribution in [-0.2, 0) is 16.0 Å². The van der Waals surface area contributed by atoms with Gasteiger partial charge in [0.05, 0.1) is 5.56 Å². The van der Waals surface area contributed by atoms with Crippen molar-refractivity contribution in [3.63, 3.8) is 0 Å². The van der Waals surface area contributed by atoms with Crippen LogP contribution in [0.4, 0.5) is 13.2 Å². The second kappa shape index (κ2) is 4.67. The van der Waals surface area contributed by atoms with Gasteiger partial charge in [0.25, 0.3) is 0 Å². The highest BCUT2D eigenvalue weighted by atomic mass is 32.2. The zero-order valence-corrected chi connectivity index (χ0v) is 11.1. The molecule has 1 aromatic carbocycles. The Morgan fingerprint density at radius 1 is 1.05 bits per heavy atom. The summed E-state index contributed by atoms with van der Waals surface area (Å²) >= 11 is 0. The lowest BCUT2D eigenvalue weighted by molar-refractivity contribution is -0.137. The zero-order chi connectivity index (χ0) is 14.3. The van der Waals surface area contributed by atoms with E-state index in [9.17, 15) is 21.6 Å². The van der Waals surface area contributed by atoms with Gasteiger partial charge < -0.3 is 0 Å². The third-order valence-corrected chi connectivity index (χ3v) is 4.52. The summed E-state index contributed by atoms with van der Waals surface area (Å²) in [5, 5.41) is 0. The van der Waals surface area contributed by atoms with Crippen LogP contribution in [0, 0.1) is 0 Å². The number of hydrogen-bond donors (Lipinski definition) is 0. The largest absolute Gasteiger partial charge is 0.416 e. The summed E-state index contributed by atoms with van der Waals surface area (Å²) in [6.45, 7) is 0. The van der Waals surface area contributed by atoms with Crippen LogP contribution in [0.25, 0.3) is 5.57 Å². The van der Waals surface area contributed by atoms with Crippen LogP contribution >= 0.6 is 0 Å². The quantitative estimate of drug-likeness (QED) is 0.833. The lowest BCUT2D eigenvalue weighted by Gasteiger charge is -2.09. The van der Waals surface area contributed by atoms with Crippen molar-refractivity contribution in [1.82, 2.24) is 0 Å². The molecule has 0 saturated heterocycles. The summed E-state index contributed by atoms with van der Waals surface area (Å²) in [6.07, 6.45) is -1.46. The van der Waals surface area contributed by atoms with E-state index in [1.165, 1.54) is 12.1 Å². The van der Waals surface area contributed by atoms with Crippen LogP contribution < -0.4 is 0 Å². The highest BCUT2D eigenvalue weighted by molar-refractivity contribution is 7.94. The maximum absolute atomic E-state index is 12.5. The van der Waals surface area contributed by atoms with Crippen molar-refractivity contribution >= 4 is 15.4 Å². The number of alkyl halides is 3. The number of rotatable bonds is 2. The van der Waals surface area contributed by atoms with Gasteiger partial charge in [-0.1, -0.05) is 12.1 Å². The molecule has 1 aliphatic carbocycles. The van der Waals surface area contributed by atoms with Crippen LogP contribution in [0.15, 0.2) is 29.2 Å². The molecule has 0 fully saturated rings. The van der Waals surface area contributed by atoms with Crippen LogP contribution in [0.2, 0.25) is 0 Å². The molecule has 0 bridgehead atoms. The molecule has 0 aliphatic heterocycles. The maximum Gasteiger partial charge on any atom is 0.416 e. The molecule has 0 N–H and O–H groups in total. The summed E-state index contributed by atoms with van der Waals surface area (Å²) in [7, 11) is -3.28. The second-order valence-electron chi connectivity index (χ2n) is 4.60. The molecule has 0 radical (unpaired) electrons. The molecule has 1 aliphatic rings. The Kier molecular flexibility index (Phi) is 3.47.